The average molecular weight is 331 g/mol. The van der Waals surface area contributed by atoms with Crippen LogP contribution in [-0.2, 0) is 6.54 Å². The van der Waals surface area contributed by atoms with E-state index >= 15 is 0 Å². The molecule has 2 N–H and O–H groups in total. The van der Waals surface area contributed by atoms with Gasteiger partial charge in [-0.05, 0) is 57.2 Å². The predicted molar refractivity (Wildman–Crippen MR) is 103 cm³/mol. The number of unbranched alkanes of at least 4 members (excludes halogenated alkanes) is 1. The van der Waals surface area contributed by atoms with Crippen LogP contribution in [0.15, 0.2) is 35.3 Å². The number of benzene rings is 1. The molecule has 1 saturated heterocycles. The van der Waals surface area contributed by atoms with Crippen molar-refractivity contribution in [3.8, 4) is 0 Å². The number of hydrogen-bond donors (Lipinski definition) is 2. The van der Waals surface area contributed by atoms with Crippen LogP contribution in [-0.4, -0.2) is 43.6 Å². The fourth-order valence-corrected chi connectivity index (χ4v) is 3.25. The van der Waals surface area contributed by atoms with Gasteiger partial charge in [-0.2, -0.15) is 0 Å². The first-order valence-corrected chi connectivity index (χ1v) is 9.56. The van der Waals surface area contributed by atoms with Crippen molar-refractivity contribution in [3.05, 3.63) is 35.9 Å². The molecule has 1 aromatic rings. The highest BCUT2D eigenvalue weighted by atomic mass is 15.2. The molecule has 134 valence electrons. The molecule has 0 bridgehead atoms. The minimum atomic E-state index is 0.724. The normalized spacial score (nSPS) is 19.2. The van der Waals surface area contributed by atoms with Crippen LogP contribution < -0.4 is 10.6 Å². The molecule has 0 amide bonds. The van der Waals surface area contributed by atoms with Gasteiger partial charge in [-0.1, -0.05) is 37.3 Å². The van der Waals surface area contributed by atoms with Crippen LogP contribution in [0.2, 0.25) is 0 Å². The molecule has 0 radical (unpaired) electrons. The molecular formula is C20H34N4. The van der Waals surface area contributed by atoms with Crippen molar-refractivity contribution in [1.29, 1.82) is 0 Å². The van der Waals surface area contributed by atoms with Crippen LogP contribution >= 0.6 is 0 Å². The second-order valence-corrected chi connectivity index (χ2v) is 6.86. The first-order valence-electron chi connectivity index (χ1n) is 9.56. The molecule has 0 saturated carbocycles. The number of nitrogens with one attached hydrogen (secondary N) is 2. The number of rotatable bonds is 8. The third kappa shape index (κ3) is 7.35. The Morgan fingerprint density at radius 3 is 2.79 bits per heavy atom. The SMILES string of the molecule is CCNC(=NCc1ccccc1)NCCCCN1CCCC(C)C1. The van der Waals surface area contributed by atoms with E-state index in [9.17, 15) is 0 Å². The van der Waals surface area contributed by atoms with E-state index in [1.54, 1.807) is 0 Å². The van der Waals surface area contributed by atoms with E-state index < -0.39 is 0 Å². The highest BCUT2D eigenvalue weighted by Crippen LogP contribution is 2.15. The predicted octanol–water partition coefficient (Wildman–Crippen LogP) is 3.25. The molecule has 4 nitrogen and oxygen atoms in total. The van der Waals surface area contributed by atoms with E-state index in [-0.39, 0.29) is 0 Å². The van der Waals surface area contributed by atoms with Gasteiger partial charge < -0.3 is 15.5 Å². The van der Waals surface area contributed by atoms with Gasteiger partial charge in [0.2, 0.25) is 0 Å². The third-order valence-corrected chi connectivity index (χ3v) is 4.54. The highest BCUT2D eigenvalue weighted by Gasteiger charge is 2.15. The summed E-state index contributed by atoms with van der Waals surface area (Å²) in [4.78, 5) is 7.29. The maximum absolute atomic E-state index is 4.67. The Balaban J connectivity index is 1.64. The first-order chi connectivity index (χ1) is 11.8. The van der Waals surface area contributed by atoms with E-state index in [0.717, 1.165) is 31.5 Å². The second kappa shape index (κ2) is 11.1. The Labute approximate surface area is 147 Å². The maximum atomic E-state index is 4.67. The van der Waals surface area contributed by atoms with Crippen LogP contribution in [0.5, 0.6) is 0 Å². The van der Waals surface area contributed by atoms with Crippen molar-refractivity contribution in [2.24, 2.45) is 10.9 Å². The fourth-order valence-electron chi connectivity index (χ4n) is 3.25. The number of guanidine groups is 1. The molecule has 1 aliphatic heterocycles. The molecule has 24 heavy (non-hydrogen) atoms. The van der Waals surface area contributed by atoms with Gasteiger partial charge in [-0.3, -0.25) is 0 Å². The molecule has 1 heterocycles. The minimum absolute atomic E-state index is 0.724. The summed E-state index contributed by atoms with van der Waals surface area (Å²) in [6, 6.07) is 10.4. The van der Waals surface area contributed by atoms with Gasteiger partial charge in [0.1, 0.15) is 0 Å². The molecule has 4 heteroatoms. The van der Waals surface area contributed by atoms with Crippen molar-refractivity contribution in [1.82, 2.24) is 15.5 Å². The molecule has 1 aromatic carbocycles. The van der Waals surface area contributed by atoms with E-state index in [1.165, 1.54) is 50.9 Å². The zero-order valence-corrected chi connectivity index (χ0v) is 15.4. The van der Waals surface area contributed by atoms with Crippen molar-refractivity contribution < 1.29 is 0 Å². The largest absolute Gasteiger partial charge is 0.357 e. The number of nitrogens with zero attached hydrogens (tertiary/aromatic N) is 2. The quantitative estimate of drug-likeness (QED) is 0.437. The molecule has 1 unspecified atom stereocenters. The Bertz CT molecular complexity index is 472. The number of aliphatic imine (C=N–C) groups is 1. The summed E-state index contributed by atoms with van der Waals surface area (Å²) in [6.07, 6.45) is 5.23. The van der Waals surface area contributed by atoms with Gasteiger partial charge in [0.15, 0.2) is 5.96 Å². The van der Waals surface area contributed by atoms with E-state index in [2.05, 4.69) is 58.6 Å². The van der Waals surface area contributed by atoms with E-state index in [1.807, 2.05) is 6.07 Å². The Kier molecular flexibility index (Phi) is 8.67. The van der Waals surface area contributed by atoms with Crippen LogP contribution in [0.3, 0.4) is 0 Å². The summed E-state index contributed by atoms with van der Waals surface area (Å²) in [7, 11) is 0. The molecule has 1 atom stereocenters. The molecule has 0 aliphatic carbocycles. The standard InChI is InChI=1S/C20H34N4/c1-3-21-20(23-16-19-11-5-4-6-12-19)22-13-7-8-14-24-15-9-10-18(2)17-24/h4-6,11-12,18H,3,7-10,13-17H2,1-2H3,(H2,21,22,23). The lowest BCUT2D eigenvalue weighted by atomic mass is 10.0. The lowest BCUT2D eigenvalue weighted by Crippen LogP contribution is -2.38. The molecule has 1 fully saturated rings. The number of piperidine rings is 1. The third-order valence-electron chi connectivity index (χ3n) is 4.54. The van der Waals surface area contributed by atoms with Crippen molar-refractivity contribution in [2.45, 2.75) is 46.1 Å². The smallest absolute Gasteiger partial charge is 0.191 e. The molecule has 0 aromatic heterocycles. The topological polar surface area (TPSA) is 39.7 Å². The van der Waals surface area contributed by atoms with Crippen molar-refractivity contribution in [2.75, 3.05) is 32.7 Å². The van der Waals surface area contributed by atoms with Gasteiger partial charge in [-0.25, -0.2) is 4.99 Å². The number of likely N-dealkylation sites (tertiary alicyclic amines) is 1. The Hall–Kier alpha value is -1.55. The second-order valence-electron chi connectivity index (χ2n) is 6.86. The summed E-state index contributed by atoms with van der Waals surface area (Å²) in [5.41, 5.74) is 1.24. The van der Waals surface area contributed by atoms with Crippen LogP contribution in [0, 0.1) is 5.92 Å². The lowest BCUT2D eigenvalue weighted by Gasteiger charge is -2.30. The summed E-state index contributed by atoms with van der Waals surface area (Å²) in [5, 5.41) is 6.79. The Morgan fingerprint density at radius 1 is 1.21 bits per heavy atom. The minimum Gasteiger partial charge on any atom is -0.357 e. The maximum Gasteiger partial charge on any atom is 0.191 e. The summed E-state index contributed by atoms with van der Waals surface area (Å²) >= 11 is 0. The zero-order valence-electron chi connectivity index (χ0n) is 15.4. The van der Waals surface area contributed by atoms with Crippen LogP contribution in [0.4, 0.5) is 0 Å². The number of hydrogen-bond acceptors (Lipinski definition) is 2. The van der Waals surface area contributed by atoms with Gasteiger partial charge in [0.25, 0.3) is 0 Å². The van der Waals surface area contributed by atoms with Crippen molar-refractivity contribution in [3.63, 3.8) is 0 Å². The molecule has 0 spiro atoms. The highest BCUT2D eigenvalue weighted by molar-refractivity contribution is 5.79. The van der Waals surface area contributed by atoms with Crippen LogP contribution in [0.1, 0.15) is 45.1 Å². The van der Waals surface area contributed by atoms with Gasteiger partial charge >= 0.3 is 0 Å². The van der Waals surface area contributed by atoms with Crippen LogP contribution in [0.25, 0.3) is 0 Å². The monoisotopic (exact) mass is 330 g/mol. The van der Waals surface area contributed by atoms with Gasteiger partial charge in [-0.15, -0.1) is 0 Å². The van der Waals surface area contributed by atoms with E-state index in [0.29, 0.717) is 0 Å². The van der Waals surface area contributed by atoms with E-state index in [4.69, 9.17) is 0 Å². The van der Waals surface area contributed by atoms with Gasteiger partial charge in [0, 0.05) is 19.6 Å². The fraction of sp³-hybridized carbons (Fsp3) is 0.650. The van der Waals surface area contributed by atoms with Crippen molar-refractivity contribution >= 4 is 5.96 Å². The molecule has 2 rings (SSSR count). The lowest BCUT2D eigenvalue weighted by molar-refractivity contribution is 0.181. The molecule has 1 aliphatic rings. The summed E-state index contributed by atoms with van der Waals surface area (Å²) < 4.78 is 0. The van der Waals surface area contributed by atoms with Gasteiger partial charge in [0.05, 0.1) is 6.54 Å². The zero-order chi connectivity index (χ0) is 17.0. The average Bonchev–Trinajstić information content (AvgIpc) is 2.60. The Morgan fingerprint density at radius 2 is 2.04 bits per heavy atom. The summed E-state index contributed by atoms with van der Waals surface area (Å²) in [5.74, 6) is 1.80. The summed E-state index contributed by atoms with van der Waals surface area (Å²) in [6.45, 7) is 10.9. The first kappa shape index (κ1) is 18.8. The molecular weight excluding hydrogens is 296 g/mol.